The molecule has 26 heavy (non-hydrogen) atoms. The lowest BCUT2D eigenvalue weighted by molar-refractivity contribution is 0.375. The van der Waals surface area contributed by atoms with Crippen molar-refractivity contribution < 1.29 is 4.39 Å². The van der Waals surface area contributed by atoms with E-state index >= 15 is 0 Å². The third-order valence-corrected chi connectivity index (χ3v) is 5.72. The molecular formula is C18H17FN6S. The number of rotatable bonds is 3. The second kappa shape index (κ2) is 6.21. The predicted octanol–water partition coefficient (Wildman–Crippen LogP) is 3.63. The summed E-state index contributed by atoms with van der Waals surface area (Å²) in [5.41, 5.74) is 1.70. The van der Waals surface area contributed by atoms with E-state index in [1.807, 2.05) is 33.9 Å². The SMILES string of the molecule is Fc1ccc(-c2cn3nc(N4CCCC(n5cccn5)C4)sc3n2)cc1. The molecule has 4 heterocycles. The van der Waals surface area contributed by atoms with Crippen LogP contribution >= 0.6 is 11.3 Å². The van der Waals surface area contributed by atoms with E-state index in [1.165, 1.54) is 12.1 Å². The topological polar surface area (TPSA) is 51.2 Å². The number of fused-ring (bicyclic) bond motifs is 1. The van der Waals surface area contributed by atoms with Crippen molar-refractivity contribution >= 4 is 21.4 Å². The average molecular weight is 368 g/mol. The molecule has 0 bridgehead atoms. The van der Waals surface area contributed by atoms with Crippen molar-refractivity contribution in [3.63, 3.8) is 0 Å². The smallest absolute Gasteiger partial charge is 0.214 e. The first-order valence-corrected chi connectivity index (χ1v) is 9.44. The van der Waals surface area contributed by atoms with Gasteiger partial charge >= 0.3 is 0 Å². The number of aromatic nitrogens is 5. The first kappa shape index (κ1) is 15.5. The fraction of sp³-hybridized carbons (Fsp3) is 0.278. The van der Waals surface area contributed by atoms with Crippen LogP contribution in [0.3, 0.4) is 0 Å². The van der Waals surface area contributed by atoms with Crippen LogP contribution in [0.5, 0.6) is 0 Å². The van der Waals surface area contributed by atoms with Gasteiger partial charge in [0.15, 0.2) is 0 Å². The molecule has 4 aromatic rings. The Hall–Kier alpha value is -2.74. The second-order valence-electron chi connectivity index (χ2n) is 6.47. The summed E-state index contributed by atoms with van der Waals surface area (Å²) in [5, 5.41) is 10.1. The molecule has 132 valence electrons. The van der Waals surface area contributed by atoms with Gasteiger partial charge in [-0.05, 0) is 43.2 Å². The first-order chi connectivity index (χ1) is 12.8. The molecule has 1 saturated heterocycles. The summed E-state index contributed by atoms with van der Waals surface area (Å²) in [5.74, 6) is -0.244. The van der Waals surface area contributed by atoms with E-state index in [0.717, 1.165) is 47.3 Å². The van der Waals surface area contributed by atoms with Gasteiger partial charge in [0.2, 0.25) is 10.1 Å². The van der Waals surface area contributed by atoms with Crippen LogP contribution in [-0.2, 0) is 0 Å². The number of imidazole rings is 1. The van der Waals surface area contributed by atoms with Gasteiger partial charge in [-0.3, -0.25) is 4.68 Å². The zero-order valence-corrected chi connectivity index (χ0v) is 14.8. The number of halogens is 1. The maximum absolute atomic E-state index is 13.1. The lowest BCUT2D eigenvalue weighted by Gasteiger charge is -2.32. The molecular weight excluding hydrogens is 351 g/mol. The normalized spacial score (nSPS) is 17.9. The van der Waals surface area contributed by atoms with Crippen LogP contribution in [0.2, 0.25) is 0 Å². The molecule has 1 atom stereocenters. The van der Waals surface area contributed by atoms with E-state index in [1.54, 1.807) is 23.5 Å². The van der Waals surface area contributed by atoms with Crippen molar-refractivity contribution in [3.05, 3.63) is 54.7 Å². The molecule has 0 aliphatic carbocycles. The monoisotopic (exact) mass is 368 g/mol. The highest BCUT2D eigenvalue weighted by Gasteiger charge is 2.24. The van der Waals surface area contributed by atoms with Gasteiger partial charge in [0.25, 0.3) is 0 Å². The maximum atomic E-state index is 13.1. The van der Waals surface area contributed by atoms with Crippen LogP contribution in [0.4, 0.5) is 9.52 Å². The lowest BCUT2D eigenvalue weighted by atomic mass is 10.1. The summed E-state index contributed by atoms with van der Waals surface area (Å²) in [6.45, 7) is 1.91. The second-order valence-corrected chi connectivity index (χ2v) is 7.41. The van der Waals surface area contributed by atoms with Gasteiger partial charge in [-0.25, -0.2) is 13.9 Å². The van der Waals surface area contributed by atoms with Crippen molar-refractivity contribution in [2.24, 2.45) is 0 Å². The van der Waals surface area contributed by atoms with E-state index in [2.05, 4.69) is 15.0 Å². The van der Waals surface area contributed by atoms with Crippen LogP contribution in [0.1, 0.15) is 18.9 Å². The van der Waals surface area contributed by atoms with E-state index < -0.39 is 0 Å². The minimum Gasteiger partial charge on any atom is -0.345 e. The molecule has 1 unspecified atom stereocenters. The minimum atomic E-state index is -0.244. The van der Waals surface area contributed by atoms with Gasteiger partial charge < -0.3 is 4.90 Å². The molecule has 5 rings (SSSR count). The van der Waals surface area contributed by atoms with Crippen LogP contribution < -0.4 is 4.90 Å². The molecule has 3 aromatic heterocycles. The van der Waals surface area contributed by atoms with Gasteiger partial charge in [-0.2, -0.15) is 5.10 Å². The molecule has 1 fully saturated rings. The number of piperidine rings is 1. The highest BCUT2D eigenvalue weighted by atomic mass is 32.1. The largest absolute Gasteiger partial charge is 0.345 e. The highest BCUT2D eigenvalue weighted by Crippen LogP contribution is 2.30. The molecule has 6 nitrogen and oxygen atoms in total. The number of nitrogens with zero attached hydrogens (tertiary/aromatic N) is 6. The minimum absolute atomic E-state index is 0.244. The van der Waals surface area contributed by atoms with Gasteiger partial charge in [0.1, 0.15) is 5.82 Å². The third kappa shape index (κ3) is 2.76. The standard InChI is InChI=1S/C18H17FN6S/c19-14-6-4-13(5-7-14)16-12-25-17(21-16)26-18(22-25)23-9-1-3-15(11-23)24-10-2-8-20-24/h2,4-8,10,12,15H,1,3,9,11H2. The maximum Gasteiger partial charge on any atom is 0.214 e. The Morgan fingerprint density at radius 1 is 1.19 bits per heavy atom. The average Bonchev–Trinajstić information content (AvgIpc) is 3.39. The van der Waals surface area contributed by atoms with Crippen LogP contribution in [0.15, 0.2) is 48.9 Å². The molecule has 8 heteroatoms. The molecule has 0 N–H and O–H groups in total. The van der Waals surface area contributed by atoms with Crippen molar-refractivity contribution in [3.8, 4) is 11.3 Å². The Labute approximate surface area is 153 Å². The molecule has 0 radical (unpaired) electrons. The third-order valence-electron chi connectivity index (χ3n) is 4.74. The van der Waals surface area contributed by atoms with Gasteiger partial charge in [0, 0.05) is 31.0 Å². The highest BCUT2D eigenvalue weighted by molar-refractivity contribution is 7.20. The summed E-state index contributed by atoms with van der Waals surface area (Å²) in [6.07, 6.45) is 8.01. The Morgan fingerprint density at radius 2 is 2.08 bits per heavy atom. The van der Waals surface area contributed by atoms with Crippen LogP contribution in [-0.4, -0.2) is 37.5 Å². The van der Waals surface area contributed by atoms with Gasteiger partial charge in [0.05, 0.1) is 17.9 Å². The Kier molecular flexibility index (Phi) is 3.70. The van der Waals surface area contributed by atoms with E-state index in [9.17, 15) is 4.39 Å². The summed E-state index contributed by atoms with van der Waals surface area (Å²) in [7, 11) is 0. The number of benzene rings is 1. The Bertz CT molecular complexity index is 989. The summed E-state index contributed by atoms with van der Waals surface area (Å²) >= 11 is 1.58. The summed E-state index contributed by atoms with van der Waals surface area (Å²) < 4.78 is 16.9. The number of hydrogen-bond donors (Lipinski definition) is 0. The van der Waals surface area contributed by atoms with Crippen molar-refractivity contribution in [2.75, 3.05) is 18.0 Å². The zero-order valence-electron chi connectivity index (χ0n) is 14.0. The van der Waals surface area contributed by atoms with Crippen molar-refractivity contribution in [2.45, 2.75) is 18.9 Å². The number of anilines is 1. The summed E-state index contributed by atoms with van der Waals surface area (Å²) in [6, 6.07) is 8.72. The molecule has 1 aliphatic rings. The predicted molar refractivity (Wildman–Crippen MR) is 99.0 cm³/mol. The molecule has 0 amide bonds. The van der Waals surface area contributed by atoms with E-state index in [0.29, 0.717) is 6.04 Å². The fourth-order valence-corrected chi connectivity index (χ4v) is 4.34. The molecule has 1 aromatic carbocycles. The molecule has 1 aliphatic heterocycles. The Balaban J connectivity index is 1.40. The van der Waals surface area contributed by atoms with Gasteiger partial charge in [-0.15, -0.1) is 5.10 Å². The number of hydrogen-bond acceptors (Lipinski definition) is 5. The van der Waals surface area contributed by atoms with Gasteiger partial charge in [-0.1, -0.05) is 11.3 Å². The Morgan fingerprint density at radius 3 is 2.85 bits per heavy atom. The van der Waals surface area contributed by atoms with Crippen molar-refractivity contribution in [1.29, 1.82) is 0 Å². The molecule has 0 spiro atoms. The van der Waals surface area contributed by atoms with E-state index in [-0.39, 0.29) is 5.82 Å². The van der Waals surface area contributed by atoms with Crippen LogP contribution in [0, 0.1) is 5.82 Å². The van der Waals surface area contributed by atoms with Crippen molar-refractivity contribution in [1.82, 2.24) is 24.4 Å². The van der Waals surface area contributed by atoms with Crippen LogP contribution in [0.25, 0.3) is 16.2 Å². The zero-order chi connectivity index (χ0) is 17.5. The summed E-state index contributed by atoms with van der Waals surface area (Å²) in [4.78, 5) is 7.81. The molecule has 0 saturated carbocycles. The quantitative estimate of drug-likeness (QED) is 0.554. The lowest BCUT2D eigenvalue weighted by Crippen LogP contribution is -2.36. The van der Waals surface area contributed by atoms with E-state index in [4.69, 9.17) is 5.10 Å². The first-order valence-electron chi connectivity index (χ1n) is 8.62. The fourth-order valence-electron chi connectivity index (χ4n) is 3.42.